The number of nitrogens with zero attached hydrogens (tertiary/aromatic N) is 2. The molecular weight excluding hydrogens is 485 g/mol. The lowest BCUT2D eigenvalue weighted by Gasteiger charge is -2.17. The highest BCUT2D eigenvalue weighted by Crippen LogP contribution is 2.37. The van der Waals surface area contributed by atoms with E-state index in [0.29, 0.717) is 5.76 Å². The van der Waals surface area contributed by atoms with E-state index in [1.807, 2.05) is 27.7 Å². The number of amides is 1. The topological polar surface area (TPSA) is 107 Å². The van der Waals surface area contributed by atoms with E-state index in [2.05, 4.69) is 15.0 Å². The molecule has 0 spiro atoms. The normalized spacial score (nSPS) is 15.5. The number of amidine groups is 1. The number of benzene rings is 1. The molecule has 3 N–H and O–H groups in total. The van der Waals surface area contributed by atoms with Crippen molar-refractivity contribution in [3.63, 3.8) is 0 Å². The molecule has 0 saturated heterocycles. The maximum atomic E-state index is 13.7. The molecule has 0 fully saturated rings. The number of hydrogen-bond donors (Lipinski definition) is 3. The maximum Gasteiger partial charge on any atom is 0.428 e. The monoisotopic (exact) mass is 514 g/mol. The summed E-state index contributed by atoms with van der Waals surface area (Å²) < 4.78 is 62.2. The summed E-state index contributed by atoms with van der Waals surface area (Å²) in [5.74, 6) is -0.745. The van der Waals surface area contributed by atoms with Crippen LogP contribution in [0.4, 0.5) is 18.9 Å². The largest absolute Gasteiger partial charge is 0.505 e. The van der Waals surface area contributed by atoms with Crippen LogP contribution in [0.15, 0.2) is 49.9 Å². The van der Waals surface area contributed by atoms with Gasteiger partial charge in [-0.05, 0) is 29.7 Å². The number of para-hydroxylation sites is 1. The van der Waals surface area contributed by atoms with Crippen LogP contribution in [-0.4, -0.2) is 46.2 Å². The molecule has 1 atom stereocenters. The Balaban J connectivity index is 0.00000210. The SMILES string of the molecule is CC.CC(C)c1coc(CNC2=NS(=O)C(C(F)(F)F)=C2Nc2cccc(C(=O)N(C)C)c2O)c1. The number of phenolic OH excluding ortho intramolecular Hbond substituents is 1. The number of hydrogen-bond acceptors (Lipinski definition) is 6. The highest BCUT2D eigenvalue weighted by atomic mass is 32.2. The zero-order chi connectivity index (χ0) is 26.5. The van der Waals surface area contributed by atoms with Crippen LogP contribution in [0.2, 0.25) is 0 Å². The summed E-state index contributed by atoms with van der Waals surface area (Å²) in [7, 11) is 0.223. The fraction of sp³-hybridized carbons (Fsp3) is 0.391. The van der Waals surface area contributed by atoms with Gasteiger partial charge in [0.1, 0.15) is 11.5 Å². The smallest absolute Gasteiger partial charge is 0.428 e. The predicted octanol–water partition coefficient (Wildman–Crippen LogP) is 4.89. The van der Waals surface area contributed by atoms with E-state index in [9.17, 15) is 27.3 Å². The van der Waals surface area contributed by atoms with Gasteiger partial charge in [0, 0.05) is 14.1 Å². The van der Waals surface area contributed by atoms with E-state index < -0.39 is 39.4 Å². The minimum atomic E-state index is -4.96. The molecule has 0 bridgehead atoms. The highest BCUT2D eigenvalue weighted by molar-refractivity contribution is 7.88. The van der Waals surface area contributed by atoms with Crippen molar-refractivity contribution in [2.75, 3.05) is 19.4 Å². The average Bonchev–Trinajstić information content (AvgIpc) is 3.38. The zero-order valence-corrected chi connectivity index (χ0v) is 21.1. The molecule has 0 radical (unpaired) electrons. The fourth-order valence-corrected chi connectivity index (χ4v) is 3.94. The van der Waals surface area contributed by atoms with Crippen LogP contribution >= 0.6 is 0 Å². The molecule has 1 aliphatic rings. The number of anilines is 1. The number of nitrogens with one attached hydrogen (secondary N) is 2. The number of halogens is 3. The maximum absolute atomic E-state index is 13.7. The van der Waals surface area contributed by atoms with Gasteiger partial charge in [-0.15, -0.1) is 0 Å². The van der Waals surface area contributed by atoms with Crippen LogP contribution in [0, 0.1) is 0 Å². The first-order valence-corrected chi connectivity index (χ1v) is 11.9. The minimum absolute atomic E-state index is 0.00971. The molecule has 8 nitrogen and oxygen atoms in total. The van der Waals surface area contributed by atoms with E-state index in [0.717, 1.165) is 5.56 Å². The van der Waals surface area contributed by atoms with Crippen molar-refractivity contribution >= 4 is 28.4 Å². The Bertz CT molecular complexity index is 1150. The number of carbonyl (C=O) groups excluding carboxylic acids is 1. The Kier molecular flexibility index (Phi) is 9.13. The molecule has 0 saturated carbocycles. The molecule has 12 heteroatoms. The first kappa shape index (κ1) is 28.0. The molecule has 2 aromatic rings. The lowest BCUT2D eigenvalue weighted by Crippen LogP contribution is -2.28. The molecule has 35 heavy (non-hydrogen) atoms. The number of phenols is 1. The number of allylic oxidation sites excluding steroid dienone is 1. The van der Waals surface area contributed by atoms with Gasteiger partial charge in [0.15, 0.2) is 27.5 Å². The Morgan fingerprint density at radius 1 is 1.26 bits per heavy atom. The predicted molar refractivity (Wildman–Crippen MR) is 129 cm³/mol. The number of rotatable bonds is 6. The van der Waals surface area contributed by atoms with Crippen LogP contribution in [0.1, 0.15) is 55.3 Å². The minimum Gasteiger partial charge on any atom is -0.505 e. The van der Waals surface area contributed by atoms with Crippen molar-refractivity contribution in [3.8, 4) is 5.75 Å². The average molecular weight is 515 g/mol. The molecule has 2 heterocycles. The van der Waals surface area contributed by atoms with Crippen molar-refractivity contribution in [1.29, 1.82) is 0 Å². The molecule has 1 aliphatic heterocycles. The highest BCUT2D eigenvalue weighted by Gasteiger charge is 2.46. The van der Waals surface area contributed by atoms with Gasteiger partial charge >= 0.3 is 6.18 Å². The van der Waals surface area contributed by atoms with Crippen LogP contribution in [-0.2, 0) is 17.5 Å². The first-order valence-electron chi connectivity index (χ1n) is 10.8. The second-order valence-corrected chi connectivity index (χ2v) is 8.86. The van der Waals surface area contributed by atoms with E-state index >= 15 is 0 Å². The van der Waals surface area contributed by atoms with Gasteiger partial charge in [0.25, 0.3) is 5.91 Å². The third-order valence-corrected chi connectivity index (χ3v) is 5.91. The Labute approximate surface area is 204 Å². The van der Waals surface area contributed by atoms with E-state index in [-0.39, 0.29) is 29.5 Å². The van der Waals surface area contributed by atoms with Crippen LogP contribution in [0.3, 0.4) is 0 Å². The Morgan fingerprint density at radius 2 is 1.91 bits per heavy atom. The third kappa shape index (κ3) is 6.44. The zero-order valence-electron chi connectivity index (χ0n) is 20.3. The van der Waals surface area contributed by atoms with Crippen molar-refractivity contribution in [3.05, 3.63) is 58.0 Å². The van der Waals surface area contributed by atoms with Crippen molar-refractivity contribution in [2.24, 2.45) is 4.40 Å². The molecule has 3 rings (SSSR count). The quantitative estimate of drug-likeness (QED) is 0.474. The summed E-state index contributed by atoms with van der Waals surface area (Å²) in [6.07, 6.45) is -3.40. The number of furan rings is 1. The molecule has 0 aliphatic carbocycles. The standard InChI is InChI=1S/C21H23F3N4O4S.C2H6/c1-11(2)12-8-13(32-10-12)9-25-19-16(18(21(22,23)24)33(31)27-19)26-15-7-5-6-14(17(15)29)20(30)28(3)4;1-2/h5-8,10-11,26,29H,9H2,1-4H3,(H,25,27);1-2H3. The van der Waals surface area contributed by atoms with E-state index in [4.69, 9.17) is 4.42 Å². The summed E-state index contributed by atoms with van der Waals surface area (Å²) in [5.41, 5.74) is 0.0246. The van der Waals surface area contributed by atoms with Gasteiger partial charge in [-0.2, -0.15) is 17.6 Å². The Morgan fingerprint density at radius 3 is 2.46 bits per heavy atom. The molecule has 1 amide bonds. The summed E-state index contributed by atoms with van der Waals surface area (Å²) in [6.45, 7) is 7.92. The molecule has 1 aromatic heterocycles. The third-order valence-electron chi connectivity index (χ3n) is 4.77. The van der Waals surface area contributed by atoms with Gasteiger partial charge < -0.3 is 25.1 Å². The van der Waals surface area contributed by atoms with Gasteiger partial charge in [0.05, 0.1) is 24.1 Å². The summed E-state index contributed by atoms with van der Waals surface area (Å²) in [4.78, 5) is 12.1. The number of alkyl halides is 3. The van der Waals surface area contributed by atoms with Gasteiger partial charge in [-0.1, -0.05) is 33.8 Å². The summed E-state index contributed by atoms with van der Waals surface area (Å²) >= 11 is 0. The van der Waals surface area contributed by atoms with Crippen molar-refractivity contribution < 1.29 is 31.7 Å². The molecule has 1 unspecified atom stereocenters. The molecule has 1 aromatic carbocycles. The van der Waals surface area contributed by atoms with E-state index in [1.54, 1.807) is 12.3 Å². The fourth-order valence-electron chi connectivity index (χ4n) is 3.00. The lowest BCUT2D eigenvalue weighted by molar-refractivity contribution is -0.0843. The van der Waals surface area contributed by atoms with Crippen LogP contribution in [0.25, 0.3) is 0 Å². The second kappa shape index (κ2) is 11.4. The van der Waals surface area contributed by atoms with Crippen LogP contribution in [0.5, 0.6) is 5.75 Å². The number of carbonyl (C=O) groups is 1. The molecule has 192 valence electrons. The van der Waals surface area contributed by atoms with Crippen molar-refractivity contribution in [1.82, 2.24) is 10.2 Å². The van der Waals surface area contributed by atoms with E-state index in [1.165, 1.54) is 37.2 Å². The van der Waals surface area contributed by atoms with Crippen LogP contribution < -0.4 is 10.6 Å². The Hall–Kier alpha value is -3.28. The van der Waals surface area contributed by atoms with Gasteiger partial charge in [-0.3, -0.25) is 4.79 Å². The first-order chi connectivity index (χ1) is 16.4. The van der Waals surface area contributed by atoms with Gasteiger partial charge in [0.2, 0.25) is 0 Å². The number of aromatic hydroxyl groups is 1. The molecular formula is C23H29F3N4O4S. The summed E-state index contributed by atoms with van der Waals surface area (Å²) in [6, 6.07) is 5.79. The lowest BCUT2D eigenvalue weighted by atomic mass is 10.1. The summed E-state index contributed by atoms with van der Waals surface area (Å²) in [5, 5.41) is 15.7. The van der Waals surface area contributed by atoms with Crippen molar-refractivity contribution in [2.45, 2.75) is 46.3 Å². The van der Waals surface area contributed by atoms with Gasteiger partial charge in [-0.25, -0.2) is 4.21 Å². The second-order valence-electron chi connectivity index (χ2n) is 7.77.